The summed E-state index contributed by atoms with van der Waals surface area (Å²) in [5, 5.41) is 7.36. The Hall–Kier alpha value is -3.50. The van der Waals surface area contributed by atoms with E-state index in [1.807, 2.05) is 26.8 Å². The molecule has 1 amide bonds. The van der Waals surface area contributed by atoms with Crippen LogP contribution >= 0.6 is 0 Å². The van der Waals surface area contributed by atoms with Crippen molar-refractivity contribution in [1.29, 1.82) is 0 Å². The fraction of sp³-hybridized carbons (Fsp3) is 0.292. The van der Waals surface area contributed by atoms with Crippen LogP contribution in [0.4, 0.5) is 5.69 Å². The number of aromatic nitrogens is 2. The number of rotatable bonds is 5. The molecule has 178 valence electrons. The monoisotopic (exact) mass is 482 g/mol. The molecular formula is C24H26N4O5S. The van der Waals surface area contributed by atoms with E-state index in [-0.39, 0.29) is 10.6 Å². The van der Waals surface area contributed by atoms with E-state index in [2.05, 4.69) is 15.5 Å². The van der Waals surface area contributed by atoms with Gasteiger partial charge in [-0.1, -0.05) is 5.16 Å². The van der Waals surface area contributed by atoms with Gasteiger partial charge in [-0.25, -0.2) is 17.7 Å². The molecule has 0 bridgehead atoms. The zero-order valence-electron chi connectivity index (χ0n) is 20.1. The van der Waals surface area contributed by atoms with Crippen molar-refractivity contribution in [3.63, 3.8) is 0 Å². The Morgan fingerprint density at radius 3 is 2.35 bits per heavy atom. The lowest BCUT2D eigenvalue weighted by Gasteiger charge is -2.16. The third-order valence-corrected chi connectivity index (χ3v) is 7.64. The van der Waals surface area contributed by atoms with E-state index in [0.717, 1.165) is 26.8 Å². The number of carbonyl (C=O) groups is 1. The summed E-state index contributed by atoms with van der Waals surface area (Å²) in [6.07, 6.45) is 0. The van der Waals surface area contributed by atoms with Crippen LogP contribution in [-0.4, -0.2) is 42.9 Å². The highest BCUT2D eigenvalue weighted by Crippen LogP contribution is 2.32. The number of sulfonamides is 1. The molecule has 0 aliphatic rings. The molecule has 0 unspecified atom stereocenters. The topological polar surface area (TPSA) is 119 Å². The Bertz CT molecular complexity index is 1550. The van der Waals surface area contributed by atoms with E-state index in [1.165, 1.54) is 20.2 Å². The number of hydrogen-bond donors (Lipinski definition) is 1. The zero-order valence-corrected chi connectivity index (χ0v) is 20.9. The standard InChI is InChI=1S/C24H26N4O5S/c1-12-8-17(34(30,31)28(6)7)10-20(14(12)3)25-23(29)19-11-21(18-9-13(2)32-16(18)5)26-24-22(19)15(4)27-33-24/h8-11H,1-7H3,(H,25,29). The first kappa shape index (κ1) is 23.7. The second kappa shape index (κ2) is 8.37. The number of carbonyl (C=O) groups excluding carboxylic acids is 1. The molecule has 4 rings (SSSR count). The SMILES string of the molecule is Cc1cc(-c2cc(C(=O)Nc3cc(S(=O)(=O)N(C)C)cc(C)c3C)c3c(C)noc3n2)c(C)o1. The first-order chi connectivity index (χ1) is 15.9. The Labute approximate surface area is 197 Å². The number of anilines is 1. The van der Waals surface area contributed by atoms with Gasteiger partial charge in [0.05, 0.1) is 27.2 Å². The lowest BCUT2D eigenvalue weighted by atomic mass is 10.0. The van der Waals surface area contributed by atoms with Gasteiger partial charge in [-0.15, -0.1) is 0 Å². The average Bonchev–Trinajstić information content (AvgIpc) is 3.31. The molecule has 1 N–H and O–H groups in total. The Balaban J connectivity index is 1.84. The maximum Gasteiger partial charge on any atom is 0.259 e. The molecule has 0 aliphatic carbocycles. The summed E-state index contributed by atoms with van der Waals surface area (Å²) in [6.45, 7) is 9.02. The summed E-state index contributed by atoms with van der Waals surface area (Å²) in [5.41, 5.74) is 4.24. The molecule has 1 aromatic carbocycles. The number of aryl methyl sites for hydroxylation is 4. The summed E-state index contributed by atoms with van der Waals surface area (Å²) in [6, 6.07) is 6.58. The van der Waals surface area contributed by atoms with Crippen molar-refractivity contribution >= 4 is 32.7 Å². The third-order valence-electron chi connectivity index (χ3n) is 5.85. The molecule has 0 saturated heterocycles. The predicted molar refractivity (Wildman–Crippen MR) is 128 cm³/mol. The van der Waals surface area contributed by atoms with Crippen molar-refractivity contribution in [2.24, 2.45) is 0 Å². The van der Waals surface area contributed by atoms with E-state index in [9.17, 15) is 13.2 Å². The van der Waals surface area contributed by atoms with Gasteiger partial charge in [0.15, 0.2) is 0 Å². The highest BCUT2D eigenvalue weighted by Gasteiger charge is 2.24. The van der Waals surface area contributed by atoms with Crippen molar-refractivity contribution in [1.82, 2.24) is 14.4 Å². The second-order valence-corrected chi connectivity index (χ2v) is 10.6. The number of hydrogen-bond acceptors (Lipinski definition) is 7. The molecule has 0 aliphatic heterocycles. The van der Waals surface area contributed by atoms with Gasteiger partial charge >= 0.3 is 0 Å². The normalized spacial score (nSPS) is 12.0. The fourth-order valence-electron chi connectivity index (χ4n) is 3.80. The van der Waals surface area contributed by atoms with Crippen LogP contribution in [0.15, 0.2) is 38.1 Å². The predicted octanol–water partition coefficient (Wildman–Crippen LogP) is 4.53. The van der Waals surface area contributed by atoms with E-state index >= 15 is 0 Å². The van der Waals surface area contributed by atoms with Crippen LogP contribution in [0.1, 0.15) is 38.7 Å². The van der Waals surface area contributed by atoms with E-state index in [1.54, 1.807) is 26.0 Å². The molecule has 9 nitrogen and oxygen atoms in total. The molecule has 3 heterocycles. The minimum Gasteiger partial charge on any atom is -0.466 e. The fourth-order valence-corrected chi connectivity index (χ4v) is 4.82. The third kappa shape index (κ3) is 3.99. The van der Waals surface area contributed by atoms with Gasteiger partial charge in [0, 0.05) is 25.3 Å². The van der Waals surface area contributed by atoms with Crippen molar-refractivity contribution in [3.05, 3.63) is 58.2 Å². The van der Waals surface area contributed by atoms with Crippen LogP contribution in [0.5, 0.6) is 0 Å². The summed E-state index contributed by atoms with van der Waals surface area (Å²) >= 11 is 0. The molecule has 10 heteroatoms. The molecule has 34 heavy (non-hydrogen) atoms. The van der Waals surface area contributed by atoms with Crippen molar-refractivity contribution in [2.75, 3.05) is 19.4 Å². The van der Waals surface area contributed by atoms with Crippen molar-refractivity contribution < 1.29 is 22.2 Å². The molecule has 0 saturated carbocycles. The maximum absolute atomic E-state index is 13.5. The summed E-state index contributed by atoms with van der Waals surface area (Å²) in [5.74, 6) is 0.957. The van der Waals surface area contributed by atoms with Gasteiger partial charge in [0.2, 0.25) is 10.0 Å². The van der Waals surface area contributed by atoms with Gasteiger partial charge in [-0.3, -0.25) is 4.79 Å². The van der Waals surface area contributed by atoms with Gasteiger partial charge in [0.25, 0.3) is 11.6 Å². The summed E-state index contributed by atoms with van der Waals surface area (Å²) < 4.78 is 37.5. The smallest absolute Gasteiger partial charge is 0.259 e. The maximum atomic E-state index is 13.5. The summed E-state index contributed by atoms with van der Waals surface area (Å²) in [7, 11) is -0.751. The lowest BCUT2D eigenvalue weighted by molar-refractivity contribution is 0.102. The molecule has 0 fully saturated rings. The zero-order chi connectivity index (χ0) is 24.9. The van der Waals surface area contributed by atoms with Gasteiger partial charge < -0.3 is 14.3 Å². The van der Waals surface area contributed by atoms with Crippen LogP contribution < -0.4 is 5.32 Å². The second-order valence-electron chi connectivity index (χ2n) is 8.48. The number of amides is 1. The minimum atomic E-state index is -3.68. The van der Waals surface area contributed by atoms with Crippen LogP contribution in [-0.2, 0) is 10.0 Å². The van der Waals surface area contributed by atoms with Gasteiger partial charge in [-0.05, 0) is 70.0 Å². The van der Waals surface area contributed by atoms with Gasteiger partial charge in [0.1, 0.15) is 11.5 Å². The van der Waals surface area contributed by atoms with Crippen molar-refractivity contribution in [2.45, 2.75) is 39.5 Å². The molecule has 3 aromatic heterocycles. The van der Waals surface area contributed by atoms with Crippen LogP contribution in [0, 0.1) is 34.6 Å². The molecular weight excluding hydrogens is 456 g/mol. The number of pyridine rings is 1. The van der Waals surface area contributed by atoms with Crippen LogP contribution in [0.2, 0.25) is 0 Å². The Morgan fingerprint density at radius 1 is 1.03 bits per heavy atom. The molecule has 4 aromatic rings. The highest BCUT2D eigenvalue weighted by molar-refractivity contribution is 7.89. The first-order valence-corrected chi connectivity index (χ1v) is 12.0. The number of benzene rings is 1. The van der Waals surface area contributed by atoms with Crippen LogP contribution in [0.25, 0.3) is 22.4 Å². The molecule has 0 radical (unpaired) electrons. The molecule has 0 atom stereocenters. The Morgan fingerprint density at radius 2 is 1.74 bits per heavy atom. The highest BCUT2D eigenvalue weighted by atomic mass is 32.2. The first-order valence-electron chi connectivity index (χ1n) is 10.6. The van der Waals surface area contributed by atoms with Crippen LogP contribution in [0.3, 0.4) is 0 Å². The lowest BCUT2D eigenvalue weighted by Crippen LogP contribution is -2.23. The van der Waals surface area contributed by atoms with Crippen molar-refractivity contribution in [3.8, 4) is 11.3 Å². The van der Waals surface area contributed by atoms with E-state index in [4.69, 9.17) is 8.94 Å². The number of nitrogens with zero attached hydrogens (tertiary/aromatic N) is 3. The van der Waals surface area contributed by atoms with E-state index in [0.29, 0.717) is 33.8 Å². The number of nitrogens with one attached hydrogen (secondary N) is 1. The van der Waals surface area contributed by atoms with E-state index < -0.39 is 15.9 Å². The molecule has 0 spiro atoms. The van der Waals surface area contributed by atoms with Gasteiger partial charge in [-0.2, -0.15) is 0 Å². The largest absolute Gasteiger partial charge is 0.466 e. The minimum absolute atomic E-state index is 0.0992. The Kier molecular flexibility index (Phi) is 5.82. The summed E-state index contributed by atoms with van der Waals surface area (Å²) in [4.78, 5) is 18.2. The average molecular weight is 483 g/mol. The number of furan rings is 1. The number of fused-ring (bicyclic) bond motifs is 1. The quantitative estimate of drug-likeness (QED) is 0.444.